The van der Waals surface area contributed by atoms with Crippen molar-refractivity contribution in [1.82, 2.24) is 10.0 Å². The molecule has 1 amide bonds. The first-order valence-electron chi connectivity index (χ1n) is 11.5. The van der Waals surface area contributed by atoms with E-state index in [4.69, 9.17) is 9.47 Å². The van der Waals surface area contributed by atoms with Gasteiger partial charge in [-0.3, -0.25) is 4.79 Å². The lowest BCUT2D eigenvalue weighted by Gasteiger charge is -2.27. The summed E-state index contributed by atoms with van der Waals surface area (Å²) in [7, 11) is -0.494. The summed E-state index contributed by atoms with van der Waals surface area (Å²) in [6.07, 6.45) is 3.83. The van der Waals surface area contributed by atoms with Crippen molar-refractivity contribution in [3.63, 3.8) is 0 Å². The number of methoxy groups -OCH3 is 2. The van der Waals surface area contributed by atoms with Crippen LogP contribution in [-0.4, -0.2) is 40.1 Å². The number of anilines is 1. The maximum absolute atomic E-state index is 13.2. The van der Waals surface area contributed by atoms with Crippen molar-refractivity contribution >= 4 is 21.6 Å². The molecule has 9 heteroatoms. The van der Waals surface area contributed by atoms with Crippen LogP contribution in [0.3, 0.4) is 0 Å². The van der Waals surface area contributed by atoms with Crippen molar-refractivity contribution in [2.75, 3.05) is 19.5 Å². The number of amides is 1. The van der Waals surface area contributed by atoms with E-state index in [1.54, 1.807) is 49.6 Å². The molecular weight excluding hydrogens is 454 g/mol. The first-order valence-corrected chi connectivity index (χ1v) is 12.9. The Kier molecular flexibility index (Phi) is 8.09. The maximum Gasteiger partial charge on any atom is 0.247 e. The molecule has 2 aromatic rings. The van der Waals surface area contributed by atoms with Gasteiger partial charge in [0, 0.05) is 17.3 Å². The highest BCUT2D eigenvalue weighted by Gasteiger charge is 2.26. The average Bonchev–Trinajstić information content (AvgIpc) is 3.28. The normalized spacial score (nSPS) is 15.6. The van der Waals surface area contributed by atoms with E-state index < -0.39 is 21.6 Å². The van der Waals surface area contributed by atoms with Gasteiger partial charge in [-0.15, -0.1) is 0 Å². The van der Waals surface area contributed by atoms with Gasteiger partial charge in [0.2, 0.25) is 15.9 Å². The van der Waals surface area contributed by atoms with Crippen LogP contribution >= 0.6 is 0 Å². The lowest BCUT2D eigenvalue weighted by Crippen LogP contribution is -2.44. The summed E-state index contributed by atoms with van der Waals surface area (Å²) in [4.78, 5) is 13.4. The van der Waals surface area contributed by atoms with Crippen LogP contribution in [0.4, 0.5) is 5.69 Å². The Hall–Kier alpha value is -2.78. The van der Waals surface area contributed by atoms with Gasteiger partial charge in [0.15, 0.2) is 11.5 Å². The molecule has 0 heterocycles. The van der Waals surface area contributed by atoms with Crippen LogP contribution in [0.1, 0.15) is 58.1 Å². The molecule has 2 aromatic carbocycles. The van der Waals surface area contributed by atoms with Crippen molar-refractivity contribution < 1.29 is 22.7 Å². The molecule has 0 bridgehead atoms. The minimum Gasteiger partial charge on any atom is -0.493 e. The van der Waals surface area contributed by atoms with E-state index >= 15 is 0 Å². The summed E-state index contributed by atoms with van der Waals surface area (Å²) in [6.45, 7) is 5.73. The highest BCUT2D eigenvalue weighted by atomic mass is 32.2. The van der Waals surface area contributed by atoms with Crippen LogP contribution in [-0.2, 0) is 14.8 Å². The summed E-state index contributed by atoms with van der Waals surface area (Å²) >= 11 is 0. The molecule has 3 rings (SSSR count). The third-order valence-corrected chi connectivity index (χ3v) is 7.19. The molecule has 0 aromatic heterocycles. The summed E-state index contributed by atoms with van der Waals surface area (Å²) < 4.78 is 38.9. The molecule has 1 fully saturated rings. The number of hydrogen-bond donors (Lipinski definition) is 3. The van der Waals surface area contributed by atoms with E-state index in [-0.39, 0.29) is 16.8 Å². The molecule has 1 saturated carbocycles. The number of carbonyl (C=O) groups is 1. The summed E-state index contributed by atoms with van der Waals surface area (Å²) in [5.41, 5.74) is 0.861. The second-order valence-electron chi connectivity index (χ2n) is 9.56. The SMILES string of the molecule is COc1ccc([C@H](Nc2ccc(S(=O)(=O)NC3CCCC3)cc2)C(=O)NC(C)(C)C)cc1OC. The number of nitrogens with one attached hydrogen (secondary N) is 3. The molecule has 34 heavy (non-hydrogen) atoms. The number of carbonyl (C=O) groups excluding carboxylic acids is 1. The highest BCUT2D eigenvalue weighted by molar-refractivity contribution is 7.89. The smallest absolute Gasteiger partial charge is 0.247 e. The fraction of sp³-hybridized carbons (Fsp3) is 0.480. The van der Waals surface area contributed by atoms with E-state index in [2.05, 4.69) is 15.4 Å². The fourth-order valence-corrected chi connectivity index (χ4v) is 5.31. The first kappa shape index (κ1) is 25.8. The molecule has 0 unspecified atom stereocenters. The monoisotopic (exact) mass is 489 g/mol. The lowest BCUT2D eigenvalue weighted by atomic mass is 10.0. The molecule has 8 nitrogen and oxygen atoms in total. The predicted molar refractivity (Wildman–Crippen MR) is 133 cm³/mol. The number of rotatable bonds is 9. The zero-order chi connectivity index (χ0) is 24.9. The predicted octanol–water partition coefficient (Wildman–Crippen LogP) is 3.99. The number of sulfonamides is 1. The van der Waals surface area contributed by atoms with Gasteiger partial charge in [0.05, 0.1) is 19.1 Å². The summed E-state index contributed by atoms with van der Waals surface area (Å²) in [6, 6.07) is 11.0. The van der Waals surface area contributed by atoms with Gasteiger partial charge in [-0.1, -0.05) is 18.9 Å². The third-order valence-electron chi connectivity index (χ3n) is 5.65. The quantitative estimate of drug-likeness (QED) is 0.492. The zero-order valence-corrected chi connectivity index (χ0v) is 21.3. The van der Waals surface area contributed by atoms with Gasteiger partial charge in [0.1, 0.15) is 6.04 Å². The van der Waals surface area contributed by atoms with Gasteiger partial charge in [-0.2, -0.15) is 0 Å². The summed E-state index contributed by atoms with van der Waals surface area (Å²) in [5.74, 6) is 0.847. The Morgan fingerprint density at radius 1 is 0.971 bits per heavy atom. The van der Waals surface area contributed by atoms with Crippen LogP contribution in [0.25, 0.3) is 0 Å². The Bertz CT molecular complexity index is 1090. The van der Waals surface area contributed by atoms with Crippen molar-refractivity contribution in [2.45, 2.75) is 69.0 Å². The molecule has 0 radical (unpaired) electrons. The fourth-order valence-electron chi connectivity index (χ4n) is 4.00. The van der Waals surface area contributed by atoms with E-state index in [1.165, 1.54) is 7.11 Å². The van der Waals surface area contributed by atoms with Gasteiger partial charge < -0.3 is 20.1 Å². The Morgan fingerprint density at radius 3 is 2.15 bits per heavy atom. The van der Waals surface area contributed by atoms with Crippen LogP contribution in [0, 0.1) is 0 Å². The van der Waals surface area contributed by atoms with Crippen LogP contribution < -0.4 is 24.8 Å². The van der Waals surface area contributed by atoms with Crippen LogP contribution in [0.15, 0.2) is 47.4 Å². The van der Waals surface area contributed by atoms with E-state index in [1.807, 2.05) is 20.8 Å². The average molecular weight is 490 g/mol. The number of ether oxygens (including phenoxy) is 2. The number of hydrogen-bond acceptors (Lipinski definition) is 6. The van der Waals surface area contributed by atoms with Crippen molar-refractivity contribution in [3.8, 4) is 11.5 Å². The minimum absolute atomic E-state index is 0.00155. The summed E-state index contributed by atoms with van der Waals surface area (Å²) in [5, 5.41) is 6.24. The van der Waals surface area contributed by atoms with Gasteiger partial charge in [0.25, 0.3) is 0 Å². The second-order valence-corrected chi connectivity index (χ2v) is 11.3. The molecule has 3 N–H and O–H groups in total. The lowest BCUT2D eigenvalue weighted by molar-refractivity contribution is -0.123. The zero-order valence-electron chi connectivity index (χ0n) is 20.5. The van der Waals surface area contributed by atoms with E-state index in [9.17, 15) is 13.2 Å². The van der Waals surface area contributed by atoms with Gasteiger partial charge in [-0.05, 0) is 75.6 Å². The standard InChI is InChI=1S/C25H35N3O5S/c1-25(2,3)27-24(29)23(17-10-15-21(32-4)22(16-17)33-5)26-18-11-13-20(14-12-18)34(30,31)28-19-8-6-7-9-19/h10-16,19,23,26,28H,6-9H2,1-5H3,(H,27,29)/t23-/m0/s1. The van der Waals surface area contributed by atoms with Crippen LogP contribution in [0.2, 0.25) is 0 Å². The Morgan fingerprint density at radius 2 is 1.59 bits per heavy atom. The Labute approximate surface area is 202 Å². The molecule has 0 saturated heterocycles. The molecule has 0 spiro atoms. The Balaban J connectivity index is 1.85. The third kappa shape index (κ3) is 6.64. The molecule has 0 aliphatic heterocycles. The topological polar surface area (TPSA) is 106 Å². The van der Waals surface area contributed by atoms with E-state index in [0.717, 1.165) is 25.7 Å². The van der Waals surface area contributed by atoms with Crippen molar-refractivity contribution in [2.24, 2.45) is 0 Å². The molecule has 1 aliphatic carbocycles. The molecule has 186 valence electrons. The molecular formula is C25H35N3O5S. The van der Waals surface area contributed by atoms with Gasteiger partial charge in [-0.25, -0.2) is 13.1 Å². The van der Waals surface area contributed by atoms with E-state index in [0.29, 0.717) is 22.7 Å². The first-order chi connectivity index (χ1) is 16.0. The largest absolute Gasteiger partial charge is 0.493 e. The minimum atomic E-state index is -3.59. The molecule has 1 aliphatic rings. The molecule has 1 atom stereocenters. The van der Waals surface area contributed by atoms with Crippen molar-refractivity contribution in [1.29, 1.82) is 0 Å². The highest BCUT2D eigenvalue weighted by Crippen LogP contribution is 2.32. The second kappa shape index (κ2) is 10.7. The van der Waals surface area contributed by atoms with Gasteiger partial charge >= 0.3 is 0 Å². The number of benzene rings is 2. The van der Waals surface area contributed by atoms with Crippen LogP contribution in [0.5, 0.6) is 11.5 Å². The van der Waals surface area contributed by atoms with Crippen molar-refractivity contribution in [3.05, 3.63) is 48.0 Å². The maximum atomic E-state index is 13.2.